The zero-order chi connectivity index (χ0) is 25.2. The summed E-state index contributed by atoms with van der Waals surface area (Å²) in [6.45, 7) is 9.22. The molecule has 0 saturated carbocycles. The van der Waals surface area contributed by atoms with E-state index in [1.807, 2.05) is 68.1 Å². The lowest BCUT2D eigenvalue weighted by Crippen LogP contribution is -2.39. The molecule has 1 N–H and O–H groups in total. The molecule has 0 aliphatic carbocycles. The van der Waals surface area contributed by atoms with E-state index in [4.69, 9.17) is 4.99 Å². The minimum atomic E-state index is -0.230. The fourth-order valence-electron chi connectivity index (χ4n) is 4.18. The van der Waals surface area contributed by atoms with Crippen molar-refractivity contribution in [2.75, 3.05) is 18.4 Å². The number of aryl methyl sites for hydroxylation is 1. The highest BCUT2D eigenvalue weighted by Crippen LogP contribution is 2.29. The van der Waals surface area contributed by atoms with E-state index < -0.39 is 0 Å². The van der Waals surface area contributed by atoms with Crippen LogP contribution >= 0.6 is 0 Å². The molecule has 1 heterocycles. The van der Waals surface area contributed by atoms with Crippen molar-refractivity contribution in [2.24, 2.45) is 10.9 Å². The summed E-state index contributed by atoms with van der Waals surface area (Å²) in [4.78, 5) is 31.9. The molecule has 35 heavy (non-hydrogen) atoms. The zero-order valence-corrected chi connectivity index (χ0v) is 21.2. The van der Waals surface area contributed by atoms with Crippen molar-refractivity contribution in [1.82, 2.24) is 4.90 Å². The molecular weight excluding hydrogens is 434 g/mol. The Bertz CT molecular complexity index is 1160. The van der Waals surface area contributed by atoms with Gasteiger partial charge in [0.05, 0.1) is 0 Å². The first kappa shape index (κ1) is 26.0. The number of likely N-dealkylation sites (tertiary alicyclic amines) is 1. The second-order valence-corrected chi connectivity index (χ2v) is 8.91. The van der Waals surface area contributed by atoms with Crippen LogP contribution in [0.15, 0.2) is 65.3 Å². The maximum atomic E-state index is 13.1. The molecule has 2 amide bonds. The van der Waals surface area contributed by atoms with Crippen LogP contribution in [0.5, 0.6) is 0 Å². The third kappa shape index (κ3) is 7.16. The van der Waals surface area contributed by atoms with Crippen LogP contribution in [0.25, 0.3) is 11.1 Å². The van der Waals surface area contributed by atoms with Crippen LogP contribution in [-0.2, 0) is 9.59 Å². The van der Waals surface area contributed by atoms with Crippen molar-refractivity contribution in [2.45, 2.75) is 53.4 Å². The molecule has 0 bridgehead atoms. The predicted molar refractivity (Wildman–Crippen MR) is 144 cm³/mol. The van der Waals surface area contributed by atoms with Crippen molar-refractivity contribution in [3.8, 4) is 23.0 Å². The monoisotopic (exact) mass is 469 g/mol. The summed E-state index contributed by atoms with van der Waals surface area (Å²) >= 11 is 0. The van der Waals surface area contributed by atoms with E-state index in [0.717, 1.165) is 53.8 Å². The van der Waals surface area contributed by atoms with E-state index in [2.05, 4.69) is 30.1 Å². The summed E-state index contributed by atoms with van der Waals surface area (Å²) in [6, 6.07) is 16.0. The molecule has 5 nitrogen and oxygen atoms in total. The van der Waals surface area contributed by atoms with Crippen molar-refractivity contribution >= 4 is 23.2 Å². The van der Waals surface area contributed by atoms with Crippen LogP contribution in [0.2, 0.25) is 0 Å². The number of piperidine rings is 1. The Morgan fingerprint density at radius 1 is 1.14 bits per heavy atom. The molecule has 0 aromatic heterocycles. The quantitative estimate of drug-likeness (QED) is 0.320. The molecule has 5 heteroatoms. The Morgan fingerprint density at radius 3 is 2.51 bits per heavy atom. The van der Waals surface area contributed by atoms with Gasteiger partial charge in [0.25, 0.3) is 11.8 Å². The molecule has 2 aromatic rings. The van der Waals surface area contributed by atoms with Crippen molar-refractivity contribution in [3.63, 3.8) is 0 Å². The van der Waals surface area contributed by atoms with E-state index in [-0.39, 0.29) is 17.7 Å². The second kappa shape index (κ2) is 12.7. The van der Waals surface area contributed by atoms with Crippen molar-refractivity contribution < 1.29 is 9.59 Å². The molecule has 3 rings (SSSR count). The highest BCUT2D eigenvalue weighted by Gasteiger charge is 2.24. The van der Waals surface area contributed by atoms with Gasteiger partial charge < -0.3 is 10.2 Å². The molecule has 1 aliphatic heterocycles. The SMILES string of the molecule is C/C=C(\N=C(C)C1CCN(C(=O)C#CCCC)CC1)C(=O)Nc1ccc(C)cc1-c1ccccc1. The fraction of sp³-hybridized carbons (Fsp3) is 0.367. The molecule has 0 unspecified atom stereocenters. The maximum Gasteiger partial charge on any atom is 0.298 e. The Kier molecular flexibility index (Phi) is 9.43. The number of carbonyl (C=O) groups is 2. The van der Waals surface area contributed by atoms with Crippen molar-refractivity contribution in [1.29, 1.82) is 0 Å². The van der Waals surface area contributed by atoms with Gasteiger partial charge in [-0.25, -0.2) is 0 Å². The molecule has 2 aromatic carbocycles. The van der Waals surface area contributed by atoms with Gasteiger partial charge in [0, 0.05) is 42.4 Å². The van der Waals surface area contributed by atoms with Gasteiger partial charge >= 0.3 is 0 Å². The number of unbranched alkanes of at least 4 members (excludes halogenated alkanes) is 1. The molecule has 0 spiro atoms. The van der Waals surface area contributed by atoms with E-state index >= 15 is 0 Å². The van der Waals surface area contributed by atoms with Crippen LogP contribution < -0.4 is 5.32 Å². The topological polar surface area (TPSA) is 61.8 Å². The van der Waals surface area contributed by atoms with E-state index in [1.165, 1.54) is 0 Å². The highest BCUT2D eigenvalue weighted by atomic mass is 16.2. The van der Waals surface area contributed by atoms with Gasteiger partial charge in [-0.2, -0.15) is 0 Å². The summed E-state index contributed by atoms with van der Waals surface area (Å²) in [5.41, 5.74) is 5.23. The maximum absolute atomic E-state index is 13.1. The third-order valence-corrected chi connectivity index (χ3v) is 6.25. The molecular formula is C30H35N3O2. The molecule has 0 radical (unpaired) electrons. The van der Waals surface area contributed by atoms with Crippen LogP contribution in [0.4, 0.5) is 5.69 Å². The van der Waals surface area contributed by atoms with E-state index in [1.54, 1.807) is 6.08 Å². The molecule has 182 valence electrons. The van der Waals surface area contributed by atoms with Crippen LogP contribution in [-0.4, -0.2) is 35.5 Å². The molecule has 1 saturated heterocycles. The summed E-state index contributed by atoms with van der Waals surface area (Å²) in [6.07, 6.45) is 5.10. The number of allylic oxidation sites excluding steroid dienone is 1. The molecule has 0 atom stereocenters. The largest absolute Gasteiger partial charge is 0.332 e. The lowest BCUT2D eigenvalue weighted by Gasteiger charge is -2.30. The predicted octanol–water partition coefficient (Wildman–Crippen LogP) is 6.01. The lowest BCUT2D eigenvalue weighted by atomic mass is 9.92. The summed E-state index contributed by atoms with van der Waals surface area (Å²) < 4.78 is 0. The Morgan fingerprint density at radius 2 is 1.86 bits per heavy atom. The zero-order valence-electron chi connectivity index (χ0n) is 21.2. The average Bonchev–Trinajstić information content (AvgIpc) is 2.88. The lowest BCUT2D eigenvalue weighted by molar-refractivity contribution is -0.126. The Balaban J connectivity index is 1.67. The Hall–Kier alpha value is -3.65. The average molecular weight is 470 g/mol. The number of hydrogen-bond acceptors (Lipinski definition) is 3. The van der Waals surface area contributed by atoms with Gasteiger partial charge in [0.2, 0.25) is 0 Å². The first-order valence-corrected chi connectivity index (χ1v) is 12.4. The molecule has 1 aliphatic rings. The molecule has 1 fully saturated rings. The number of nitrogens with one attached hydrogen (secondary N) is 1. The fourth-order valence-corrected chi connectivity index (χ4v) is 4.18. The van der Waals surface area contributed by atoms with Gasteiger partial charge in [-0.15, -0.1) is 0 Å². The first-order valence-electron chi connectivity index (χ1n) is 12.4. The second-order valence-electron chi connectivity index (χ2n) is 8.91. The normalized spacial score (nSPS) is 14.8. The summed E-state index contributed by atoms with van der Waals surface area (Å²) in [7, 11) is 0. The van der Waals surface area contributed by atoms with Gasteiger partial charge in [-0.3, -0.25) is 14.6 Å². The minimum absolute atomic E-state index is 0.0904. The van der Waals surface area contributed by atoms with E-state index in [0.29, 0.717) is 18.8 Å². The van der Waals surface area contributed by atoms with Gasteiger partial charge in [-0.05, 0) is 63.7 Å². The number of anilines is 1. The van der Waals surface area contributed by atoms with Crippen LogP contribution in [0.3, 0.4) is 0 Å². The number of hydrogen-bond donors (Lipinski definition) is 1. The number of benzene rings is 2. The van der Waals surface area contributed by atoms with Crippen LogP contribution in [0, 0.1) is 24.7 Å². The number of rotatable bonds is 6. The smallest absolute Gasteiger partial charge is 0.298 e. The number of nitrogens with zero attached hydrogens (tertiary/aromatic N) is 2. The first-order chi connectivity index (χ1) is 16.9. The van der Waals surface area contributed by atoms with Gasteiger partial charge in [0.1, 0.15) is 5.70 Å². The van der Waals surface area contributed by atoms with Gasteiger partial charge in [-0.1, -0.05) is 60.9 Å². The van der Waals surface area contributed by atoms with Gasteiger partial charge in [0.15, 0.2) is 0 Å². The minimum Gasteiger partial charge on any atom is -0.332 e. The number of amides is 2. The third-order valence-electron chi connectivity index (χ3n) is 6.25. The van der Waals surface area contributed by atoms with E-state index in [9.17, 15) is 9.59 Å². The highest BCUT2D eigenvalue weighted by molar-refractivity contribution is 6.07. The number of carbonyl (C=O) groups excluding carboxylic acids is 2. The van der Waals surface area contributed by atoms with Crippen LogP contribution in [0.1, 0.15) is 52.0 Å². The Labute approximate surface area is 209 Å². The summed E-state index contributed by atoms with van der Waals surface area (Å²) in [5, 5.41) is 3.06. The summed E-state index contributed by atoms with van der Waals surface area (Å²) in [5.74, 6) is 5.59. The standard InChI is InChI=1S/C30H35N3O2/c1-5-7-9-14-29(34)33-19-17-24(18-20-33)23(4)31-27(6-2)30(35)32-28-16-15-22(3)21-26(28)25-12-10-8-11-13-25/h6,8,10-13,15-16,21,24H,5,7,17-20H2,1-4H3,(H,32,35)/b27-6-,31-23?. The van der Waals surface area contributed by atoms with Crippen molar-refractivity contribution in [3.05, 3.63) is 65.9 Å². The number of aliphatic imine (C=N–C) groups is 1.